The van der Waals surface area contributed by atoms with Crippen molar-refractivity contribution in [2.75, 3.05) is 11.9 Å². The van der Waals surface area contributed by atoms with Gasteiger partial charge in [0.05, 0.1) is 11.2 Å². The van der Waals surface area contributed by atoms with E-state index in [0.29, 0.717) is 11.5 Å². The summed E-state index contributed by atoms with van der Waals surface area (Å²) in [5.41, 5.74) is 7.99. The molecule has 0 aliphatic heterocycles. The smallest absolute Gasteiger partial charge is 0.230 e. The topological polar surface area (TPSA) is 78.9 Å². The van der Waals surface area contributed by atoms with Crippen LogP contribution < -0.4 is 10.6 Å². The summed E-state index contributed by atoms with van der Waals surface area (Å²) in [7, 11) is 1.87. The zero-order valence-electron chi connectivity index (χ0n) is 11.6. The molecular weight excluding hydrogens is 262 g/mol. The summed E-state index contributed by atoms with van der Waals surface area (Å²) in [6.07, 6.45) is 1.80. The largest absolute Gasteiger partial charge is 0.384 e. The summed E-state index contributed by atoms with van der Waals surface area (Å²) in [5.74, 6) is 0.598. The normalized spacial score (nSPS) is 10.5. The average molecular weight is 277 g/mol. The molecule has 3 rings (SSSR count). The predicted octanol–water partition coefficient (Wildman–Crippen LogP) is 2.68. The van der Waals surface area contributed by atoms with Crippen LogP contribution in [0.15, 0.2) is 54.7 Å². The van der Waals surface area contributed by atoms with E-state index in [1.54, 1.807) is 6.20 Å². The van der Waals surface area contributed by atoms with Gasteiger partial charge in [-0.15, -0.1) is 0 Å². The van der Waals surface area contributed by atoms with Crippen LogP contribution in [0.2, 0.25) is 0 Å². The molecule has 0 saturated carbocycles. The molecule has 3 aromatic rings. The quantitative estimate of drug-likeness (QED) is 0.570. The van der Waals surface area contributed by atoms with E-state index in [4.69, 9.17) is 11.1 Å². The molecule has 21 heavy (non-hydrogen) atoms. The molecule has 104 valence electrons. The zero-order chi connectivity index (χ0) is 14.8. The first-order valence-electron chi connectivity index (χ1n) is 6.56. The Bertz CT molecular complexity index is 812. The van der Waals surface area contributed by atoms with Gasteiger partial charge < -0.3 is 10.6 Å². The first-order chi connectivity index (χ1) is 10.2. The molecule has 0 bridgehead atoms. The van der Waals surface area contributed by atoms with Gasteiger partial charge in [-0.2, -0.15) is 0 Å². The highest BCUT2D eigenvalue weighted by Gasteiger charge is 2.13. The molecule has 0 spiro atoms. The number of aromatic nitrogens is 2. The summed E-state index contributed by atoms with van der Waals surface area (Å²) < 4.78 is 0. The molecule has 5 heteroatoms. The van der Waals surface area contributed by atoms with E-state index >= 15 is 0 Å². The lowest BCUT2D eigenvalue weighted by Crippen LogP contribution is -2.19. The van der Waals surface area contributed by atoms with Crippen LogP contribution >= 0.6 is 0 Å². The van der Waals surface area contributed by atoms with Gasteiger partial charge in [-0.3, -0.25) is 5.41 Å². The van der Waals surface area contributed by atoms with Crippen LogP contribution in [0.1, 0.15) is 5.56 Å². The van der Waals surface area contributed by atoms with Gasteiger partial charge in [-0.05, 0) is 18.2 Å². The standard InChI is InChI=1S/C16H15N5/c1-21(14-9-5-3-7-12(14)15(17)18)16-19-10-11-6-2-4-8-13(11)20-16/h2-10H,1H3,(H3,17,18). The number of nitrogens with two attached hydrogens (primary N) is 1. The maximum absolute atomic E-state index is 7.67. The minimum absolute atomic E-state index is 0.0261. The lowest BCUT2D eigenvalue weighted by Gasteiger charge is -2.20. The fourth-order valence-electron chi connectivity index (χ4n) is 2.23. The number of fused-ring (bicyclic) bond motifs is 1. The summed E-state index contributed by atoms with van der Waals surface area (Å²) in [6, 6.07) is 15.3. The Hall–Kier alpha value is -2.95. The number of nitrogen functional groups attached to an aromatic ring is 1. The second-order valence-corrected chi connectivity index (χ2v) is 4.72. The Labute approximate surface area is 122 Å². The first kappa shape index (κ1) is 13.1. The molecule has 0 aliphatic rings. The molecule has 3 N–H and O–H groups in total. The molecule has 0 amide bonds. The number of benzene rings is 2. The van der Waals surface area contributed by atoms with Gasteiger partial charge in [-0.1, -0.05) is 30.3 Å². The third-order valence-electron chi connectivity index (χ3n) is 3.33. The second-order valence-electron chi connectivity index (χ2n) is 4.72. The van der Waals surface area contributed by atoms with Crippen molar-refractivity contribution in [3.05, 3.63) is 60.3 Å². The van der Waals surface area contributed by atoms with Crippen molar-refractivity contribution in [3.8, 4) is 0 Å². The van der Waals surface area contributed by atoms with E-state index in [2.05, 4.69) is 9.97 Å². The van der Waals surface area contributed by atoms with E-state index in [1.807, 2.05) is 60.5 Å². The number of anilines is 2. The molecule has 1 heterocycles. The van der Waals surface area contributed by atoms with Crippen LogP contribution in [0, 0.1) is 5.41 Å². The van der Waals surface area contributed by atoms with Gasteiger partial charge in [0, 0.05) is 24.2 Å². The van der Waals surface area contributed by atoms with Crippen molar-refractivity contribution in [1.29, 1.82) is 5.41 Å². The fourth-order valence-corrected chi connectivity index (χ4v) is 2.23. The number of amidine groups is 1. The molecule has 0 saturated heterocycles. The lowest BCUT2D eigenvalue weighted by molar-refractivity contribution is 1.06. The molecule has 0 unspecified atom stereocenters. The molecule has 5 nitrogen and oxygen atoms in total. The van der Waals surface area contributed by atoms with Crippen LogP contribution in [0.3, 0.4) is 0 Å². The van der Waals surface area contributed by atoms with E-state index < -0.39 is 0 Å². The van der Waals surface area contributed by atoms with Crippen LogP contribution in [0.25, 0.3) is 10.9 Å². The number of hydrogen-bond acceptors (Lipinski definition) is 4. The maximum atomic E-state index is 7.67. The van der Waals surface area contributed by atoms with Gasteiger partial charge in [0.2, 0.25) is 5.95 Å². The van der Waals surface area contributed by atoms with Gasteiger partial charge in [0.25, 0.3) is 0 Å². The minimum atomic E-state index is 0.0261. The Kier molecular flexibility index (Phi) is 3.23. The summed E-state index contributed by atoms with van der Waals surface area (Å²) in [5, 5.41) is 8.67. The van der Waals surface area contributed by atoms with Crippen molar-refractivity contribution in [1.82, 2.24) is 9.97 Å². The Morgan fingerprint density at radius 1 is 1.10 bits per heavy atom. The summed E-state index contributed by atoms with van der Waals surface area (Å²) >= 11 is 0. The van der Waals surface area contributed by atoms with Crippen LogP contribution in [0.5, 0.6) is 0 Å². The van der Waals surface area contributed by atoms with Crippen molar-refractivity contribution in [3.63, 3.8) is 0 Å². The van der Waals surface area contributed by atoms with Crippen molar-refractivity contribution in [2.24, 2.45) is 5.73 Å². The Morgan fingerprint density at radius 3 is 2.62 bits per heavy atom. The lowest BCUT2D eigenvalue weighted by atomic mass is 10.1. The number of rotatable bonds is 3. The highest BCUT2D eigenvalue weighted by Crippen LogP contribution is 2.25. The first-order valence-corrected chi connectivity index (χ1v) is 6.56. The third kappa shape index (κ3) is 2.41. The van der Waals surface area contributed by atoms with E-state index in [-0.39, 0.29) is 5.84 Å². The van der Waals surface area contributed by atoms with E-state index in [0.717, 1.165) is 16.6 Å². The second kappa shape index (κ2) is 5.20. The van der Waals surface area contributed by atoms with Gasteiger partial charge in [0.15, 0.2) is 0 Å². The third-order valence-corrected chi connectivity index (χ3v) is 3.33. The van der Waals surface area contributed by atoms with E-state index in [9.17, 15) is 0 Å². The Morgan fingerprint density at radius 2 is 1.81 bits per heavy atom. The maximum Gasteiger partial charge on any atom is 0.230 e. The van der Waals surface area contributed by atoms with Crippen LogP contribution in [-0.4, -0.2) is 22.9 Å². The van der Waals surface area contributed by atoms with Crippen LogP contribution in [0.4, 0.5) is 11.6 Å². The minimum Gasteiger partial charge on any atom is -0.384 e. The van der Waals surface area contributed by atoms with Gasteiger partial charge >= 0.3 is 0 Å². The molecular formula is C16H15N5. The van der Waals surface area contributed by atoms with Crippen molar-refractivity contribution in [2.45, 2.75) is 0 Å². The predicted molar refractivity (Wildman–Crippen MR) is 85.1 cm³/mol. The highest BCUT2D eigenvalue weighted by atomic mass is 15.2. The average Bonchev–Trinajstić information content (AvgIpc) is 2.53. The number of hydrogen-bond donors (Lipinski definition) is 2. The number of nitrogens with zero attached hydrogens (tertiary/aromatic N) is 3. The molecule has 0 atom stereocenters. The van der Waals surface area contributed by atoms with Crippen LogP contribution in [-0.2, 0) is 0 Å². The summed E-state index contributed by atoms with van der Waals surface area (Å²) in [4.78, 5) is 10.8. The van der Waals surface area contributed by atoms with Gasteiger partial charge in [-0.25, -0.2) is 9.97 Å². The van der Waals surface area contributed by atoms with E-state index in [1.165, 1.54) is 0 Å². The molecule has 0 fully saturated rings. The number of nitrogens with one attached hydrogen (secondary N) is 1. The fraction of sp³-hybridized carbons (Fsp3) is 0.0625. The molecule has 0 radical (unpaired) electrons. The number of para-hydroxylation sites is 2. The SMILES string of the molecule is CN(c1ncc2ccccc2n1)c1ccccc1C(=N)N. The molecule has 1 aromatic heterocycles. The summed E-state index contributed by atoms with van der Waals surface area (Å²) in [6.45, 7) is 0. The van der Waals surface area contributed by atoms with Crippen molar-refractivity contribution < 1.29 is 0 Å². The monoisotopic (exact) mass is 277 g/mol. The Balaban J connectivity index is 2.08. The molecule has 0 aliphatic carbocycles. The van der Waals surface area contributed by atoms with Crippen molar-refractivity contribution >= 4 is 28.4 Å². The highest BCUT2D eigenvalue weighted by molar-refractivity contribution is 6.01. The van der Waals surface area contributed by atoms with Gasteiger partial charge in [0.1, 0.15) is 5.84 Å². The zero-order valence-corrected chi connectivity index (χ0v) is 11.6. The molecule has 2 aromatic carbocycles.